The van der Waals surface area contributed by atoms with Crippen LogP contribution in [0.15, 0.2) is 71.9 Å². The normalized spacial score (nSPS) is 17.1. The lowest BCUT2D eigenvalue weighted by Crippen LogP contribution is -2.41. The van der Waals surface area contributed by atoms with Crippen molar-refractivity contribution in [1.29, 1.82) is 0 Å². The number of hydrogen-bond donors (Lipinski definition) is 2. The summed E-state index contributed by atoms with van der Waals surface area (Å²) in [5.41, 5.74) is 10.9. The van der Waals surface area contributed by atoms with Gasteiger partial charge in [-0.3, -0.25) is 4.79 Å². The molecule has 0 radical (unpaired) electrons. The summed E-state index contributed by atoms with van der Waals surface area (Å²) < 4.78 is 1.90. The van der Waals surface area contributed by atoms with E-state index in [4.69, 9.17) is 0 Å². The van der Waals surface area contributed by atoms with Gasteiger partial charge in [0.15, 0.2) is 5.82 Å². The minimum Gasteiger partial charge on any atom is -0.325 e. The molecule has 4 aromatic rings. The van der Waals surface area contributed by atoms with Gasteiger partial charge >= 0.3 is 0 Å². The van der Waals surface area contributed by atoms with Gasteiger partial charge in [0.05, 0.1) is 6.04 Å². The van der Waals surface area contributed by atoms with Crippen LogP contribution in [0.2, 0.25) is 0 Å². The molecule has 0 fully saturated rings. The Labute approximate surface area is 203 Å². The molecule has 2 heterocycles. The average molecular weight is 470 g/mol. The Morgan fingerprint density at radius 2 is 1.59 bits per heavy atom. The van der Waals surface area contributed by atoms with Crippen molar-refractivity contribution in [1.82, 2.24) is 14.9 Å². The molecule has 1 amide bonds. The third kappa shape index (κ3) is 4.19. The van der Waals surface area contributed by atoms with Crippen LogP contribution in [0.1, 0.15) is 33.9 Å². The Balaban J connectivity index is 1.53. The zero-order valence-corrected chi connectivity index (χ0v) is 20.5. The minimum atomic E-state index is -0.428. The predicted molar refractivity (Wildman–Crippen MR) is 138 cm³/mol. The van der Waals surface area contributed by atoms with E-state index in [0.29, 0.717) is 5.16 Å². The lowest BCUT2D eigenvalue weighted by atomic mass is 10.0. The Hall–Kier alpha value is -3.58. The van der Waals surface area contributed by atoms with Crippen LogP contribution in [-0.2, 0) is 4.79 Å². The second-order valence-corrected chi connectivity index (χ2v) is 9.94. The molecule has 0 bridgehead atoms. The van der Waals surface area contributed by atoms with E-state index >= 15 is 0 Å². The van der Waals surface area contributed by atoms with E-state index in [1.807, 2.05) is 48.9 Å². The van der Waals surface area contributed by atoms with Crippen molar-refractivity contribution >= 4 is 23.4 Å². The van der Waals surface area contributed by atoms with E-state index in [1.165, 1.54) is 22.9 Å². The molecule has 1 aliphatic heterocycles. The number of thioether (sulfide) groups is 1. The molecule has 172 valence electrons. The molecule has 0 spiro atoms. The molecule has 2 atom stereocenters. The maximum Gasteiger partial charge on any atom is 0.240 e. The van der Waals surface area contributed by atoms with E-state index in [1.54, 1.807) is 0 Å². The van der Waals surface area contributed by atoms with Crippen molar-refractivity contribution in [3.63, 3.8) is 0 Å². The first kappa shape index (κ1) is 22.2. The number of nitrogens with zero attached hydrogens (tertiary/aromatic N) is 3. The standard InChI is InChI=1S/C27H27N5OS/c1-16-10-12-20(13-11-16)23-24(26(33)28-22-18(3)14-17(2)15-19(22)4)34-27-30-29-25(32(27)31-23)21-8-6-5-7-9-21/h5-15,23-24,31H,1-4H3,(H,28,33)/t23-,24+/m0/s1. The molecule has 7 heteroatoms. The third-order valence-corrected chi connectivity index (χ3v) is 7.30. The summed E-state index contributed by atoms with van der Waals surface area (Å²) in [5, 5.41) is 12.3. The number of aromatic nitrogens is 3. The Morgan fingerprint density at radius 3 is 2.26 bits per heavy atom. The monoisotopic (exact) mass is 469 g/mol. The summed E-state index contributed by atoms with van der Waals surface area (Å²) in [4.78, 5) is 13.7. The number of rotatable bonds is 4. The van der Waals surface area contributed by atoms with Gasteiger partial charge in [0.1, 0.15) is 5.25 Å². The van der Waals surface area contributed by atoms with Gasteiger partial charge in [-0.1, -0.05) is 89.6 Å². The number of amides is 1. The van der Waals surface area contributed by atoms with Crippen LogP contribution in [0, 0.1) is 27.7 Å². The highest BCUT2D eigenvalue weighted by molar-refractivity contribution is 8.00. The van der Waals surface area contributed by atoms with Crippen LogP contribution in [0.3, 0.4) is 0 Å². The number of fused-ring (bicyclic) bond motifs is 1. The zero-order valence-electron chi connectivity index (χ0n) is 19.7. The molecule has 3 aromatic carbocycles. The molecule has 1 aromatic heterocycles. The first-order valence-electron chi connectivity index (χ1n) is 11.3. The van der Waals surface area contributed by atoms with Crippen LogP contribution in [0.5, 0.6) is 0 Å². The van der Waals surface area contributed by atoms with Gasteiger partial charge in [-0.15, -0.1) is 10.2 Å². The number of aryl methyl sites for hydroxylation is 4. The smallest absolute Gasteiger partial charge is 0.240 e. The van der Waals surface area contributed by atoms with Crippen molar-refractivity contribution in [2.75, 3.05) is 10.7 Å². The van der Waals surface area contributed by atoms with Crippen molar-refractivity contribution in [3.05, 3.63) is 94.5 Å². The lowest BCUT2D eigenvalue weighted by Gasteiger charge is -2.33. The largest absolute Gasteiger partial charge is 0.325 e. The molecule has 0 aliphatic carbocycles. The molecule has 0 unspecified atom stereocenters. The van der Waals surface area contributed by atoms with E-state index in [9.17, 15) is 4.79 Å². The van der Waals surface area contributed by atoms with Gasteiger partial charge in [-0.2, -0.15) is 0 Å². The highest BCUT2D eigenvalue weighted by Crippen LogP contribution is 2.39. The summed E-state index contributed by atoms with van der Waals surface area (Å²) in [6, 6.07) is 22.2. The fourth-order valence-electron chi connectivity index (χ4n) is 4.42. The molecule has 2 N–H and O–H groups in total. The zero-order chi connectivity index (χ0) is 23.8. The number of carbonyl (C=O) groups excluding carboxylic acids is 1. The summed E-state index contributed by atoms with van der Waals surface area (Å²) in [6.45, 7) is 8.19. The summed E-state index contributed by atoms with van der Waals surface area (Å²) in [5.74, 6) is 0.665. The highest BCUT2D eigenvalue weighted by Gasteiger charge is 2.38. The quantitative estimate of drug-likeness (QED) is 0.408. The van der Waals surface area contributed by atoms with E-state index < -0.39 is 5.25 Å². The molecule has 5 rings (SSSR count). The SMILES string of the molecule is Cc1ccc([C@@H]2Nn3c(nnc3-c3ccccc3)S[C@H]2C(=O)Nc2c(C)cc(C)cc2C)cc1. The summed E-state index contributed by atoms with van der Waals surface area (Å²) >= 11 is 1.44. The lowest BCUT2D eigenvalue weighted by molar-refractivity contribution is -0.116. The summed E-state index contributed by atoms with van der Waals surface area (Å²) in [6.07, 6.45) is 0. The van der Waals surface area contributed by atoms with Gasteiger partial charge in [-0.05, 0) is 44.4 Å². The van der Waals surface area contributed by atoms with Gasteiger partial charge in [0, 0.05) is 11.3 Å². The summed E-state index contributed by atoms with van der Waals surface area (Å²) in [7, 11) is 0. The molecule has 0 saturated heterocycles. The molecule has 1 aliphatic rings. The van der Waals surface area contributed by atoms with Crippen LogP contribution in [0.25, 0.3) is 11.4 Å². The molecule has 6 nitrogen and oxygen atoms in total. The number of carbonyl (C=O) groups is 1. The minimum absolute atomic E-state index is 0.0614. The number of nitrogens with one attached hydrogen (secondary N) is 2. The van der Waals surface area contributed by atoms with Gasteiger partial charge in [0.2, 0.25) is 11.1 Å². The Kier molecular flexibility index (Phi) is 5.87. The number of benzene rings is 3. The van der Waals surface area contributed by atoms with Crippen molar-refractivity contribution in [2.45, 2.75) is 44.1 Å². The van der Waals surface area contributed by atoms with Crippen molar-refractivity contribution in [2.24, 2.45) is 0 Å². The highest BCUT2D eigenvalue weighted by atomic mass is 32.2. The molecule has 0 saturated carbocycles. The van der Waals surface area contributed by atoms with Crippen LogP contribution >= 0.6 is 11.8 Å². The second-order valence-electron chi connectivity index (χ2n) is 8.83. The van der Waals surface area contributed by atoms with E-state index in [0.717, 1.165) is 33.8 Å². The number of anilines is 1. The van der Waals surface area contributed by atoms with Crippen LogP contribution < -0.4 is 10.7 Å². The fraction of sp³-hybridized carbons (Fsp3) is 0.222. The van der Waals surface area contributed by atoms with Crippen LogP contribution in [0.4, 0.5) is 5.69 Å². The second kappa shape index (κ2) is 8.99. The number of hydrogen-bond acceptors (Lipinski definition) is 5. The maximum absolute atomic E-state index is 13.7. The third-order valence-electron chi connectivity index (χ3n) is 6.09. The maximum atomic E-state index is 13.7. The predicted octanol–water partition coefficient (Wildman–Crippen LogP) is 5.58. The van der Waals surface area contributed by atoms with E-state index in [2.05, 4.69) is 71.2 Å². The fourth-order valence-corrected chi connectivity index (χ4v) is 5.50. The van der Waals surface area contributed by atoms with Gasteiger partial charge < -0.3 is 10.7 Å². The topological polar surface area (TPSA) is 71.8 Å². The van der Waals surface area contributed by atoms with Crippen molar-refractivity contribution in [3.8, 4) is 11.4 Å². The van der Waals surface area contributed by atoms with Gasteiger partial charge in [0.25, 0.3) is 0 Å². The first-order valence-corrected chi connectivity index (χ1v) is 12.2. The average Bonchev–Trinajstić information content (AvgIpc) is 3.24. The van der Waals surface area contributed by atoms with Gasteiger partial charge in [-0.25, -0.2) is 4.68 Å². The molecular formula is C27H27N5OS. The molecular weight excluding hydrogens is 442 g/mol. The van der Waals surface area contributed by atoms with E-state index in [-0.39, 0.29) is 11.9 Å². The first-order chi connectivity index (χ1) is 16.4. The Bertz CT molecular complexity index is 1320. The Morgan fingerprint density at radius 1 is 0.912 bits per heavy atom. The van der Waals surface area contributed by atoms with Crippen molar-refractivity contribution < 1.29 is 4.79 Å². The van der Waals surface area contributed by atoms with Crippen LogP contribution in [-0.4, -0.2) is 26.0 Å². The molecule has 34 heavy (non-hydrogen) atoms.